The molecule has 0 saturated heterocycles. The summed E-state index contributed by atoms with van der Waals surface area (Å²) in [6, 6.07) is 15.9. The SMILES string of the molecule is CCCCCC(C[N+](C)(C)C)OB(Oc1ccccc1C)Oc1ccccc1C. The van der Waals surface area contributed by atoms with Crippen LogP contribution < -0.4 is 9.31 Å². The number of hydrogen-bond donors (Lipinski definition) is 0. The molecule has 158 valence electrons. The van der Waals surface area contributed by atoms with Gasteiger partial charge in [-0.1, -0.05) is 62.6 Å². The second kappa shape index (κ2) is 11.3. The second-order valence-electron chi connectivity index (χ2n) is 8.78. The van der Waals surface area contributed by atoms with Gasteiger partial charge in [-0.15, -0.1) is 0 Å². The van der Waals surface area contributed by atoms with Crippen LogP contribution in [0.2, 0.25) is 0 Å². The van der Waals surface area contributed by atoms with Crippen LogP contribution in [-0.2, 0) is 4.65 Å². The summed E-state index contributed by atoms with van der Waals surface area (Å²) >= 11 is 0. The molecule has 0 aliphatic carbocycles. The Kier molecular flexibility index (Phi) is 9.06. The average molecular weight is 398 g/mol. The van der Waals surface area contributed by atoms with Crippen LogP contribution in [0.1, 0.15) is 43.7 Å². The molecule has 1 unspecified atom stereocenters. The maximum absolute atomic E-state index is 6.43. The lowest BCUT2D eigenvalue weighted by molar-refractivity contribution is -0.873. The van der Waals surface area contributed by atoms with Crippen LogP contribution in [-0.4, -0.2) is 45.6 Å². The number of quaternary nitrogens is 1. The number of para-hydroxylation sites is 2. The van der Waals surface area contributed by atoms with Gasteiger partial charge in [0.25, 0.3) is 0 Å². The summed E-state index contributed by atoms with van der Waals surface area (Å²) in [7, 11) is 5.77. The number of hydrogen-bond acceptors (Lipinski definition) is 3. The van der Waals surface area contributed by atoms with Crippen molar-refractivity contribution >= 4 is 7.32 Å². The number of nitrogens with zero attached hydrogens (tertiary/aromatic N) is 1. The molecule has 0 fully saturated rings. The van der Waals surface area contributed by atoms with Gasteiger partial charge in [0.1, 0.15) is 18.0 Å². The molecular weight excluding hydrogens is 361 g/mol. The number of likely N-dealkylation sites (N-methyl/N-ethyl adjacent to an activating group) is 1. The van der Waals surface area contributed by atoms with Crippen molar-refractivity contribution in [2.45, 2.75) is 52.6 Å². The lowest BCUT2D eigenvalue weighted by Crippen LogP contribution is -2.47. The molecule has 0 N–H and O–H groups in total. The Bertz CT molecular complexity index is 697. The van der Waals surface area contributed by atoms with E-state index in [2.05, 4.69) is 28.1 Å². The molecule has 0 spiro atoms. The molecule has 0 heterocycles. The average Bonchev–Trinajstić information content (AvgIpc) is 2.64. The smallest absolute Gasteiger partial charge is 0.501 e. The van der Waals surface area contributed by atoms with Crippen molar-refractivity contribution in [2.24, 2.45) is 0 Å². The van der Waals surface area contributed by atoms with Crippen molar-refractivity contribution in [3.63, 3.8) is 0 Å². The highest BCUT2D eigenvalue weighted by molar-refractivity contribution is 6.38. The first-order chi connectivity index (χ1) is 13.8. The Hall–Kier alpha value is -1.98. The minimum atomic E-state index is -0.796. The van der Waals surface area contributed by atoms with Gasteiger partial charge in [-0.3, -0.25) is 0 Å². The van der Waals surface area contributed by atoms with Gasteiger partial charge in [0.2, 0.25) is 0 Å². The van der Waals surface area contributed by atoms with E-state index in [1.54, 1.807) is 0 Å². The van der Waals surface area contributed by atoms with E-state index < -0.39 is 7.32 Å². The first-order valence-corrected chi connectivity index (χ1v) is 10.7. The van der Waals surface area contributed by atoms with Crippen molar-refractivity contribution in [1.29, 1.82) is 0 Å². The molecule has 0 aliphatic rings. The summed E-state index contributed by atoms with van der Waals surface area (Å²) in [5.74, 6) is 1.56. The number of benzene rings is 2. The molecule has 29 heavy (non-hydrogen) atoms. The van der Waals surface area contributed by atoms with E-state index in [4.69, 9.17) is 14.0 Å². The van der Waals surface area contributed by atoms with Crippen LogP contribution in [0.4, 0.5) is 0 Å². The van der Waals surface area contributed by atoms with Crippen LogP contribution in [0.5, 0.6) is 11.5 Å². The number of aryl methyl sites for hydroxylation is 2. The van der Waals surface area contributed by atoms with Crippen LogP contribution >= 0.6 is 0 Å². The zero-order valence-corrected chi connectivity index (χ0v) is 19.0. The summed E-state index contributed by atoms with van der Waals surface area (Å²) in [4.78, 5) is 0. The van der Waals surface area contributed by atoms with Gasteiger partial charge in [0.05, 0.1) is 27.2 Å². The highest BCUT2D eigenvalue weighted by atomic mass is 16.7. The maximum Gasteiger partial charge on any atom is 0.788 e. The topological polar surface area (TPSA) is 27.7 Å². The first-order valence-electron chi connectivity index (χ1n) is 10.7. The monoisotopic (exact) mass is 398 g/mol. The molecule has 2 aromatic carbocycles. The molecule has 0 aromatic heterocycles. The summed E-state index contributed by atoms with van der Waals surface area (Å²) in [5, 5.41) is 0. The van der Waals surface area contributed by atoms with Crippen molar-refractivity contribution in [2.75, 3.05) is 27.7 Å². The van der Waals surface area contributed by atoms with Crippen LogP contribution in [0.3, 0.4) is 0 Å². The molecular formula is C24H37BNO3+. The Morgan fingerprint density at radius 2 is 1.34 bits per heavy atom. The molecule has 5 heteroatoms. The zero-order valence-electron chi connectivity index (χ0n) is 19.0. The van der Waals surface area contributed by atoms with Gasteiger partial charge in [0, 0.05) is 0 Å². The predicted molar refractivity (Wildman–Crippen MR) is 121 cm³/mol. The molecule has 2 aromatic rings. The third-order valence-electron chi connectivity index (χ3n) is 4.82. The van der Waals surface area contributed by atoms with Crippen molar-refractivity contribution < 1.29 is 18.4 Å². The molecule has 2 rings (SSSR count). The number of unbranched alkanes of at least 4 members (excludes halogenated alkanes) is 2. The van der Waals surface area contributed by atoms with Gasteiger partial charge in [-0.25, -0.2) is 0 Å². The third-order valence-corrected chi connectivity index (χ3v) is 4.82. The summed E-state index contributed by atoms with van der Waals surface area (Å²) in [5.41, 5.74) is 2.12. The Morgan fingerprint density at radius 3 is 1.79 bits per heavy atom. The second-order valence-corrected chi connectivity index (χ2v) is 8.78. The fourth-order valence-electron chi connectivity index (χ4n) is 3.26. The predicted octanol–water partition coefficient (Wildman–Crippen LogP) is 5.42. The van der Waals surface area contributed by atoms with Gasteiger partial charge in [-0.2, -0.15) is 0 Å². The Morgan fingerprint density at radius 1 is 0.828 bits per heavy atom. The van der Waals surface area contributed by atoms with E-state index in [-0.39, 0.29) is 6.10 Å². The lowest BCUT2D eigenvalue weighted by Gasteiger charge is -2.30. The molecule has 4 nitrogen and oxygen atoms in total. The Balaban J connectivity index is 2.20. The molecule has 0 amide bonds. The van der Waals surface area contributed by atoms with Crippen LogP contribution in [0, 0.1) is 13.8 Å². The fraction of sp³-hybridized carbons (Fsp3) is 0.500. The largest absolute Gasteiger partial charge is 0.788 e. The molecule has 0 saturated carbocycles. The van der Waals surface area contributed by atoms with E-state index in [1.807, 2.05) is 62.4 Å². The van der Waals surface area contributed by atoms with Crippen molar-refractivity contribution in [3.8, 4) is 11.5 Å². The fourth-order valence-corrected chi connectivity index (χ4v) is 3.26. The minimum absolute atomic E-state index is 0.0552. The third kappa shape index (κ3) is 8.51. The molecule has 0 bridgehead atoms. The normalized spacial score (nSPS) is 12.5. The van der Waals surface area contributed by atoms with E-state index in [1.165, 1.54) is 12.8 Å². The van der Waals surface area contributed by atoms with Crippen LogP contribution in [0.25, 0.3) is 0 Å². The Labute approximate surface area is 177 Å². The van der Waals surface area contributed by atoms with Crippen molar-refractivity contribution in [1.82, 2.24) is 0 Å². The molecule has 1 atom stereocenters. The maximum atomic E-state index is 6.43. The summed E-state index contributed by atoms with van der Waals surface area (Å²) < 4.78 is 19.7. The highest BCUT2D eigenvalue weighted by Gasteiger charge is 2.34. The molecule has 0 radical (unpaired) electrons. The summed E-state index contributed by atoms with van der Waals surface area (Å²) in [6.07, 6.45) is 4.59. The van der Waals surface area contributed by atoms with E-state index in [0.29, 0.717) is 0 Å². The van der Waals surface area contributed by atoms with Gasteiger partial charge in [-0.05, 0) is 43.5 Å². The first kappa shape index (κ1) is 23.3. The lowest BCUT2D eigenvalue weighted by atomic mass is 10.1. The van der Waals surface area contributed by atoms with Gasteiger partial charge in [0.15, 0.2) is 0 Å². The van der Waals surface area contributed by atoms with Crippen LogP contribution in [0.15, 0.2) is 48.5 Å². The molecule has 0 aliphatic heterocycles. The quantitative estimate of drug-likeness (QED) is 0.272. The van der Waals surface area contributed by atoms with E-state index in [0.717, 1.165) is 46.5 Å². The highest BCUT2D eigenvalue weighted by Crippen LogP contribution is 2.23. The van der Waals surface area contributed by atoms with Gasteiger partial charge < -0.3 is 18.4 Å². The zero-order chi connectivity index (χ0) is 21.3. The summed E-state index contributed by atoms with van der Waals surface area (Å²) in [6.45, 7) is 7.19. The number of rotatable bonds is 12. The minimum Gasteiger partial charge on any atom is -0.501 e. The van der Waals surface area contributed by atoms with Gasteiger partial charge >= 0.3 is 7.32 Å². The van der Waals surface area contributed by atoms with E-state index >= 15 is 0 Å². The van der Waals surface area contributed by atoms with Crippen molar-refractivity contribution in [3.05, 3.63) is 59.7 Å². The standard InChI is InChI=1S/C24H37BNO3/c1-7-8-9-16-22(19-26(4,5)6)27-25(28-23-17-12-10-14-20(23)2)29-24-18-13-11-15-21(24)3/h10-15,17-18,22H,7-9,16,19H2,1-6H3/q+1. The van der Waals surface area contributed by atoms with E-state index in [9.17, 15) is 0 Å².